The van der Waals surface area contributed by atoms with Gasteiger partial charge in [0.05, 0.1) is 39.4 Å². The van der Waals surface area contributed by atoms with Gasteiger partial charge in [-0.25, -0.2) is 0 Å². The molecule has 0 saturated heterocycles. The fourth-order valence-corrected chi connectivity index (χ4v) is 7.06. The molecule has 2 heterocycles. The Kier molecular flexibility index (Phi) is 5.88. The smallest absolute Gasteiger partial charge is 0.0991 e. The van der Waals surface area contributed by atoms with Gasteiger partial charge in [-0.15, -0.1) is 0 Å². The lowest BCUT2D eigenvalue weighted by atomic mass is 10.0. The molecule has 0 atom stereocenters. The van der Waals surface area contributed by atoms with E-state index in [1.165, 1.54) is 43.7 Å². The Labute approximate surface area is 266 Å². The first-order valence-corrected chi connectivity index (χ1v) is 15.5. The number of benzene rings is 7. The number of hydrogen-bond acceptors (Lipinski definition) is 1. The van der Waals surface area contributed by atoms with Crippen LogP contribution in [0.3, 0.4) is 0 Å². The number of rotatable bonds is 4. The molecule has 0 spiro atoms. The van der Waals surface area contributed by atoms with Gasteiger partial charge < -0.3 is 9.13 Å². The summed E-state index contributed by atoms with van der Waals surface area (Å²) in [5.74, 6) is 0. The molecule has 0 aliphatic rings. The lowest BCUT2D eigenvalue weighted by molar-refractivity contribution is 1.18. The van der Waals surface area contributed by atoms with Crippen LogP contribution in [0.5, 0.6) is 0 Å². The summed E-state index contributed by atoms with van der Waals surface area (Å²) in [6.07, 6.45) is 0. The van der Waals surface area contributed by atoms with Crippen LogP contribution in [0.1, 0.15) is 5.56 Å². The first-order valence-electron chi connectivity index (χ1n) is 15.5. The van der Waals surface area contributed by atoms with Crippen LogP contribution in [-0.4, -0.2) is 9.13 Å². The molecule has 9 aromatic rings. The van der Waals surface area contributed by atoms with Crippen LogP contribution in [-0.2, 0) is 0 Å². The summed E-state index contributed by atoms with van der Waals surface area (Å²) in [6, 6.07) is 60.2. The van der Waals surface area contributed by atoms with Crippen LogP contribution >= 0.6 is 0 Å². The molecule has 0 aliphatic carbocycles. The minimum Gasteiger partial charge on any atom is -0.309 e. The van der Waals surface area contributed by atoms with E-state index in [1.807, 2.05) is 24.3 Å². The van der Waals surface area contributed by atoms with Crippen molar-refractivity contribution in [3.63, 3.8) is 0 Å². The van der Waals surface area contributed by atoms with Crippen LogP contribution in [0.25, 0.3) is 77.2 Å². The van der Waals surface area contributed by atoms with E-state index in [2.05, 4.69) is 155 Å². The zero-order chi connectivity index (χ0) is 30.6. The predicted molar refractivity (Wildman–Crippen MR) is 191 cm³/mol. The maximum atomic E-state index is 9.34. The topological polar surface area (TPSA) is 33.6 Å². The molecule has 0 bridgehead atoms. The van der Waals surface area contributed by atoms with Crippen molar-refractivity contribution in [1.82, 2.24) is 9.13 Å². The van der Waals surface area contributed by atoms with Gasteiger partial charge in [0.2, 0.25) is 0 Å². The Morgan fingerprint density at radius 2 is 0.891 bits per heavy atom. The summed E-state index contributed by atoms with van der Waals surface area (Å²) >= 11 is 0. The Morgan fingerprint density at radius 3 is 1.54 bits per heavy atom. The highest BCUT2D eigenvalue weighted by Gasteiger charge is 2.17. The molecule has 0 radical (unpaired) electrons. The minimum absolute atomic E-state index is 0.661. The van der Waals surface area contributed by atoms with E-state index in [0.29, 0.717) is 5.56 Å². The Balaban J connectivity index is 1.24. The fourth-order valence-electron chi connectivity index (χ4n) is 7.06. The van der Waals surface area contributed by atoms with Gasteiger partial charge in [-0.1, -0.05) is 97.1 Å². The Hall–Kier alpha value is -6.37. The number of aromatic nitrogens is 2. The molecule has 7 aromatic carbocycles. The normalized spacial score (nSPS) is 11.5. The molecule has 3 heteroatoms. The van der Waals surface area contributed by atoms with Gasteiger partial charge in [-0.3, -0.25) is 0 Å². The summed E-state index contributed by atoms with van der Waals surface area (Å²) in [4.78, 5) is 0. The Morgan fingerprint density at radius 1 is 0.391 bits per heavy atom. The summed E-state index contributed by atoms with van der Waals surface area (Å²) in [5.41, 5.74) is 12.3. The average Bonchev–Trinajstić information content (AvgIpc) is 3.64. The third kappa shape index (κ3) is 3.98. The number of nitriles is 1. The average molecular weight is 586 g/mol. The van der Waals surface area contributed by atoms with Crippen molar-refractivity contribution in [2.75, 3.05) is 0 Å². The molecule has 0 fully saturated rings. The van der Waals surface area contributed by atoms with E-state index in [-0.39, 0.29) is 0 Å². The lowest BCUT2D eigenvalue weighted by Crippen LogP contribution is -1.97. The molecule has 0 N–H and O–H groups in total. The predicted octanol–water partition coefficient (Wildman–Crippen LogP) is 11.1. The molecule has 2 aromatic heterocycles. The quantitative estimate of drug-likeness (QED) is 0.202. The monoisotopic (exact) mass is 585 g/mol. The van der Waals surface area contributed by atoms with Crippen molar-refractivity contribution in [2.24, 2.45) is 0 Å². The molecular formula is C43H27N3. The van der Waals surface area contributed by atoms with Crippen molar-refractivity contribution >= 4 is 43.6 Å². The molecule has 0 amide bonds. The van der Waals surface area contributed by atoms with E-state index < -0.39 is 0 Å². The molecule has 46 heavy (non-hydrogen) atoms. The van der Waals surface area contributed by atoms with E-state index in [0.717, 1.165) is 33.5 Å². The molecule has 214 valence electrons. The van der Waals surface area contributed by atoms with Crippen molar-refractivity contribution in [1.29, 1.82) is 5.26 Å². The standard InChI is InChI=1S/C43H27N3/c44-28-29-18-20-30(21-19-29)34-12-4-7-15-39(34)46-41-17-9-6-14-36(41)38-27-32(23-25-43(38)46)31-22-24-42-37(26-31)35-13-5-8-16-40(35)45(42)33-10-2-1-3-11-33/h1-27H. The number of nitrogens with zero attached hydrogens (tertiary/aromatic N) is 3. The van der Waals surface area contributed by atoms with Crippen molar-refractivity contribution in [3.05, 3.63) is 169 Å². The molecular weight excluding hydrogens is 558 g/mol. The third-order valence-electron chi connectivity index (χ3n) is 9.16. The van der Waals surface area contributed by atoms with Crippen LogP contribution in [0.4, 0.5) is 0 Å². The summed E-state index contributed by atoms with van der Waals surface area (Å²) in [6.45, 7) is 0. The minimum atomic E-state index is 0.661. The summed E-state index contributed by atoms with van der Waals surface area (Å²) in [5, 5.41) is 14.3. The van der Waals surface area contributed by atoms with Gasteiger partial charge in [0.25, 0.3) is 0 Å². The second-order valence-electron chi connectivity index (χ2n) is 11.7. The van der Waals surface area contributed by atoms with Gasteiger partial charge in [0, 0.05) is 32.8 Å². The van der Waals surface area contributed by atoms with E-state index in [9.17, 15) is 5.26 Å². The zero-order valence-electron chi connectivity index (χ0n) is 24.9. The summed E-state index contributed by atoms with van der Waals surface area (Å²) in [7, 11) is 0. The number of para-hydroxylation sites is 4. The largest absolute Gasteiger partial charge is 0.309 e. The fraction of sp³-hybridized carbons (Fsp3) is 0. The highest BCUT2D eigenvalue weighted by molar-refractivity contribution is 6.13. The molecule has 9 rings (SSSR count). The highest BCUT2D eigenvalue weighted by atomic mass is 15.0. The summed E-state index contributed by atoms with van der Waals surface area (Å²) < 4.78 is 4.73. The third-order valence-corrected chi connectivity index (χ3v) is 9.16. The van der Waals surface area contributed by atoms with Gasteiger partial charge >= 0.3 is 0 Å². The first-order chi connectivity index (χ1) is 22.8. The maximum Gasteiger partial charge on any atom is 0.0991 e. The lowest BCUT2D eigenvalue weighted by Gasteiger charge is -2.14. The second kappa shape index (κ2) is 10.4. The molecule has 0 unspecified atom stereocenters. The number of fused-ring (bicyclic) bond motifs is 6. The molecule has 0 saturated carbocycles. The van der Waals surface area contributed by atoms with Gasteiger partial charge in [0.15, 0.2) is 0 Å². The van der Waals surface area contributed by atoms with E-state index in [1.54, 1.807) is 0 Å². The van der Waals surface area contributed by atoms with Crippen LogP contribution in [0.15, 0.2) is 164 Å². The van der Waals surface area contributed by atoms with Crippen molar-refractivity contribution < 1.29 is 0 Å². The first kappa shape index (κ1) is 26.1. The SMILES string of the molecule is N#Cc1ccc(-c2ccccc2-n2c3ccccc3c3cc(-c4ccc5c(c4)c4ccccc4n5-c4ccccc4)ccc32)cc1. The van der Waals surface area contributed by atoms with E-state index in [4.69, 9.17) is 0 Å². The molecule has 0 aliphatic heterocycles. The Bertz CT molecular complexity index is 2630. The zero-order valence-corrected chi connectivity index (χ0v) is 24.9. The van der Waals surface area contributed by atoms with Crippen molar-refractivity contribution in [3.8, 4) is 39.7 Å². The number of hydrogen-bond donors (Lipinski definition) is 0. The van der Waals surface area contributed by atoms with Gasteiger partial charge in [-0.2, -0.15) is 5.26 Å². The second-order valence-corrected chi connectivity index (χ2v) is 11.7. The van der Waals surface area contributed by atoms with Crippen LogP contribution < -0.4 is 0 Å². The van der Waals surface area contributed by atoms with E-state index >= 15 is 0 Å². The molecule has 3 nitrogen and oxygen atoms in total. The van der Waals surface area contributed by atoms with Crippen LogP contribution in [0.2, 0.25) is 0 Å². The maximum absolute atomic E-state index is 9.34. The van der Waals surface area contributed by atoms with Crippen molar-refractivity contribution in [2.45, 2.75) is 0 Å². The van der Waals surface area contributed by atoms with Gasteiger partial charge in [-0.05, 0) is 83.4 Å². The van der Waals surface area contributed by atoms with Gasteiger partial charge in [0.1, 0.15) is 0 Å². The highest BCUT2D eigenvalue weighted by Crippen LogP contribution is 2.39. The van der Waals surface area contributed by atoms with Crippen LogP contribution in [0, 0.1) is 11.3 Å².